The second-order valence-corrected chi connectivity index (χ2v) is 7.83. The minimum Gasteiger partial charge on any atom is -0.406 e. The lowest BCUT2D eigenvalue weighted by atomic mass is 9.98. The van der Waals surface area contributed by atoms with Crippen LogP contribution in [-0.2, 0) is 4.79 Å². The number of amides is 4. The van der Waals surface area contributed by atoms with Gasteiger partial charge in [-0.1, -0.05) is 6.07 Å². The summed E-state index contributed by atoms with van der Waals surface area (Å²) in [5.74, 6) is -1.14. The molecule has 1 aromatic carbocycles. The first-order chi connectivity index (χ1) is 14.2. The third-order valence-electron chi connectivity index (χ3n) is 4.95. The molecular formula is C19H16F3N3O4S. The predicted octanol–water partition coefficient (Wildman–Crippen LogP) is 3.38. The lowest BCUT2D eigenvalue weighted by Crippen LogP contribution is -2.49. The summed E-state index contributed by atoms with van der Waals surface area (Å²) in [7, 11) is 0. The second-order valence-electron chi connectivity index (χ2n) is 6.88. The molecule has 1 aromatic heterocycles. The fraction of sp³-hybridized carbons (Fsp3) is 0.316. The number of ether oxygens (including phenoxy) is 1. The van der Waals surface area contributed by atoms with Crippen LogP contribution in [0, 0.1) is 0 Å². The molecule has 2 aliphatic rings. The van der Waals surface area contributed by atoms with Crippen LogP contribution in [0.2, 0.25) is 0 Å². The maximum atomic E-state index is 12.9. The van der Waals surface area contributed by atoms with Crippen molar-refractivity contribution in [2.24, 2.45) is 0 Å². The Hall–Kier alpha value is -3.08. The van der Waals surface area contributed by atoms with E-state index in [0.717, 1.165) is 17.0 Å². The highest BCUT2D eigenvalue weighted by Gasteiger charge is 2.48. The Kier molecular flexibility index (Phi) is 5.14. The number of urea groups is 1. The van der Waals surface area contributed by atoms with Crippen LogP contribution in [-0.4, -0.2) is 47.7 Å². The van der Waals surface area contributed by atoms with E-state index in [4.69, 9.17) is 0 Å². The molecule has 7 nitrogen and oxygen atoms in total. The lowest BCUT2D eigenvalue weighted by Gasteiger charge is -2.32. The van der Waals surface area contributed by atoms with Crippen LogP contribution < -0.4 is 15.0 Å². The summed E-state index contributed by atoms with van der Waals surface area (Å²) in [5.41, 5.74) is 0.160. The van der Waals surface area contributed by atoms with Crippen LogP contribution in [0.25, 0.3) is 0 Å². The molecule has 0 aliphatic carbocycles. The number of imide groups is 1. The molecule has 1 N–H and O–H groups in total. The number of hydrogen-bond acceptors (Lipinski definition) is 5. The molecule has 30 heavy (non-hydrogen) atoms. The number of alkyl halides is 3. The van der Waals surface area contributed by atoms with Crippen molar-refractivity contribution >= 4 is 34.9 Å². The normalized spacial score (nSPS) is 21.6. The highest BCUT2D eigenvalue weighted by molar-refractivity contribution is 7.12. The van der Waals surface area contributed by atoms with Gasteiger partial charge >= 0.3 is 12.4 Å². The number of fused-ring (bicyclic) bond motifs is 1. The summed E-state index contributed by atoms with van der Waals surface area (Å²) in [6.07, 6.45) is -4.06. The second kappa shape index (κ2) is 7.63. The van der Waals surface area contributed by atoms with E-state index >= 15 is 0 Å². The largest absolute Gasteiger partial charge is 0.573 e. The Labute approximate surface area is 173 Å². The maximum absolute atomic E-state index is 12.9. The summed E-state index contributed by atoms with van der Waals surface area (Å²) < 4.78 is 40.7. The zero-order chi connectivity index (χ0) is 21.5. The van der Waals surface area contributed by atoms with Gasteiger partial charge in [0.05, 0.1) is 10.6 Å². The van der Waals surface area contributed by atoms with Gasteiger partial charge in [0, 0.05) is 12.6 Å². The fourth-order valence-corrected chi connectivity index (χ4v) is 4.26. The average Bonchev–Trinajstić information content (AvgIpc) is 3.30. The van der Waals surface area contributed by atoms with Crippen LogP contribution in [0.15, 0.2) is 41.8 Å². The minimum atomic E-state index is -4.83. The monoisotopic (exact) mass is 439 g/mol. The van der Waals surface area contributed by atoms with Crippen molar-refractivity contribution in [2.75, 3.05) is 11.4 Å². The Morgan fingerprint density at radius 1 is 1.17 bits per heavy atom. The standard InChI is InChI=1S/C19H16F3N3O4S/c20-19(21,22)29-13-5-3-12(4-6-13)25-17(27)14-10-11(7-8-24(14)18(25)28)23-16(26)15-2-1-9-30-15/h1-6,9,11,14H,7-8,10H2,(H,23,26)/t11-,14+/m1/s1. The van der Waals surface area contributed by atoms with Gasteiger partial charge in [-0.3, -0.25) is 9.59 Å². The molecule has 2 aliphatic heterocycles. The number of carbonyl (C=O) groups is 3. The number of anilines is 1. The molecule has 11 heteroatoms. The first-order valence-corrected chi connectivity index (χ1v) is 9.95. The molecule has 2 saturated heterocycles. The van der Waals surface area contributed by atoms with Crippen LogP contribution in [0.5, 0.6) is 5.75 Å². The molecule has 2 aromatic rings. The number of hydrogen-bond donors (Lipinski definition) is 1. The van der Waals surface area contributed by atoms with Crippen molar-refractivity contribution in [1.82, 2.24) is 10.2 Å². The van der Waals surface area contributed by atoms with Gasteiger partial charge in [-0.2, -0.15) is 0 Å². The molecule has 0 bridgehead atoms. The van der Waals surface area contributed by atoms with Crippen molar-refractivity contribution in [3.05, 3.63) is 46.7 Å². The van der Waals surface area contributed by atoms with E-state index in [1.54, 1.807) is 17.5 Å². The topological polar surface area (TPSA) is 79.0 Å². The molecule has 0 unspecified atom stereocenters. The van der Waals surface area contributed by atoms with E-state index in [2.05, 4.69) is 10.1 Å². The summed E-state index contributed by atoms with van der Waals surface area (Å²) in [5, 5.41) is 4.68. The average molecular weight is 439 g/mol. The summed E-state index contributed by atoms with van der Waals surface area (Å²) >= 11 is 1.31. The van der Waals surface area contributed by atoms with Crippen LogP contribution >= 0.6 is 11.3 Å². The number of halogens is 3. The third-order valence-corrected chi connectivity index (χ3v) is 5.82. The molecule has 4 amide bonds. The van der Waals surface area contributed by atoms with Crippen LogP contribution in [0.1, 0.15) is 22.5 Å². The molecule has 0 spiro atoms. The molecule has 4 rings (SSSR count). The van der Waals surface area contributed by atoms with Crippen molar-refractivity contribution in [3.63, 3.8) is 0 Å². The number of carbonyl (C=O) groups excluding carboxylic acids is 3. The van der Waals surface area contributed by atoms with E-state index in [-0.39, 0.29) is 30.6 Å². The number of benzene rings is 1. The minimum absolute atomic E-state index is 0.160. The molecule has 2 fully saturated rings. The predicted molar refractivity (Wildman–Crippen MR) is 101 cm³/mol. The van der Waals surface area contributed by atoms with Crippen LogP contribution in [0.3, 0.4) is 0 Å². The van der Waals surface area contributed by atoms with Crippen LogP contribution in [0.4, 0.5) is 23.7 Å². The number of nitrogens with one attached hydrogen (secondary N) is 1. The van der Waals surface area contributed by atoms with E-state index in [0.29, 0.717) is 11.3 Å². The molecule has 158 valence electrons. The van der Waals surface area contributed by atoms with Crippen molar-refractivity contribution in [3.8, 4) is 5.75 Å². The third kappa shape index (κ3) is 3.97. The molecule has 2 atom stereocenters. The Morgan fingerprint density at radius 3 is 2.53 bits per heavy atom. The van der Waals surface area contributed by atoms with Gasteiger partial charge in [-0.05, 0) is 48.6 Å². The highest BCUT2D eigenvalue weighted by Crippen LogP contribution is 2.32. The fourth-order valence-electron chi connectivity index (χ4n) is 3.63. The Morgan fingerprint density at radius 2 is 1.90 bits per heavy atom. The highest BCUT2D eigenvalue weighted by atomic mass is 32.1. The van der Waals surface area contributed by atoms with Gasteiger partial charge in [0.2, 0.25) is 0 Å². The van der Waals surface area contributed by atoms with Crippen molar-refractivity contribution in [1.29, 1.82) is 0 Å². The van der Waals surface area contributed by atoms with Gasteiger partial charge in [0.15, 0.2) is 0 Å². The summed E-state index contributed by atoms with van der Waals surface area (Å²) in [6, 6.07) is 6.49. The van der Waals surface area contributed by atoms with E-state index in [1.165, 1.54) is 28.4 Å². The first kappa shape index (κ1) is 20.2. The summed E-state index contributed by atoms with van der Waals surface area (Å²) in [6.45, 7) is 0.288. The maximum Gasteiger partial charge on any atom is 0.573 e. The number of thiophene rings is 1. The van der Waals surface area contributed by atoms with Crippen molar-refractivity contribution in [2.45, 2.75) is 31.3 Å². The van der Waals surface area contributed by atoms with Gasteiger partial charge in [-0.25, -0.2) is 9.69 Å². The number of nitrogens with zero attached hydrogens (tertiary/aromatic N) is 2. The van der Waals surface area contributed by atoms with Crippen molar-refractivity contribution < 1.29 is 32.3 Å². The number of piperidine rings is 1. The molecule has 3 heterocycles. The zero-order valence-corrected chi connectivity index (χ0v) is 16.2. The Bertz CT molecular complexity index is 962. The SMILES string of the molecule is O=C(N[C@@H]1CCN2C(=O)N(c3ccc(OC(F)(F)F)cc3)C(=O)[C@@H]2C1)c1cccs1. The number of rotatable bonds is 4. The first-order valence-electron chi connectivity index (χ1n) is 9.08. The quantitative estimate of drug-likeness (QED) is 0.741. The van der Waals surface area contributed by atoms with Gasteiger partial charge in [0.1, 0.15) is 11.8 Å². The van der Waals surface area contributed by atoms with Gasteiger partial charge in [0.25, 0.3) is 11.8 Å². The van der Waals surface area contributed by atoms with Gasteiger partial charge in [-0.15, -0.1) is 24.5 Å². The lowest BCUT2D eigenvalue weighted by molar-refractivity contribution is -0.274. The van der Waals surface area contributed by atoms with E-state index in [1.807, 2.05) is 0 Å². The van der Waals surface area contributed by atoms with E-state index in [9.17, 15) is 27.6 Å². The summed E-state index contributed by atoms with van der Waals surface area (Å²) in [4.78, 5) is 40.8. The molecular weight excluding hydrogens is 423 g/mol. The zero-order valence-electron chi connectivity index (χ0n) is 15.4. The smallest absolute Gasteiger partial charge is 0.406 e. The molecule has 0 saturated carbocycles. The van der Waals surface area contributed by atoms with E-state index < -0.39 is 30.1 Å². The molecule has 0 radical (unpaired) electrons. The Balaban J connectivity index is 1.45. The van der Waals surface area contributed by atoms with Gasteiger partial charge < -0.3 is 15.0 Å².